The van der Waals surface area contributed by atoms with Gasteiger partial charge in [0.15, 0.2) is 0 Å². The molecule has 17 heavy (non-hydrogen) atoms. The quantitative estimate of drug-likeness (QED) is 0.308. The molecule has 0 unspecified atom stereocenters. The maximum atomic E-state index is 5.74. The molecule has 0 saturated carbocycles. The van der Waals surface area contributed by atoms with E-state index in [0.717, 1.165) is 6.42 Å². The molecule has 0 rings (SSSR count). The molecule has 0 aromatic rings. The summed E-state index contributed by atoms with van der Waals surface area (Å²) < 4.78 is 5.71. The van der Waals surface area contributed by atoms with Crippen LogP contribution in [0.25, 0.3) is 0 Å². The van der Waals surface area contributed by atoms with E-state index in [4.69, 9.17) is 33.4 Å². The molecule has 0 aliphatic carbocycles. The predicted molar refractivity (Wildman–Crippen MR) is 71.2 cm³/mol. The minimum atomic E-state index is -0.331. The number of ether oxygens (including phenoxy) is 1. The Kier molecular flexibility index (Phi) is 7.85. The first-order valence-corrected chi connectivity index (χ1v) is 6.15. The second-order valence-corrected chi connectivity index (χ2v) is 4.87. The Bertz CT molecular complexity index is 156. The van der Waals surface area contributed by atoms with Crippen molar-refractivity contribution < 1.29 is 4.74 Å². The van der Waals surface area contributed by atoms with Crippen LogP contribution in [0.15, 0.2) is 0 Å². The monoisotopic (exact) mass is 247 g/mol. The van der Waals surface area contributed by atoms with E-state index < -0.39 is 0 Å². The molecule has 0 fully saturated rings. The molecule has 0 aromatic carbocycles. The van der Waals surface area contributed by atoms with Crippen LogP contribution in [0.2, 0.25) is 0 Å². The fourth-order valence-electron chi connectivity index (χ4n) is 1.50. The third-order valence-corrected chi connectivity index (χ3v) is 3.73. The van der Waals surface area contributed by atoms with Crippen LogP contribution < -0.4 is 28.7 Å². The van der Waals surface area contributed by atoms with Gasteiger partial charge in [-0.2, -0.15) is 0 Å². The van der Waals surface area contributed by atoms with Gasteiger partial charge in [0.05, 0.1) is 13.2 Å². The van der Waals surface area contributed by atoms with Gasteiger partial charge in [-0.05, 0) is 6.42 Å². The molecule has 0 bridgehead atoms. The van der Waals surface area contributed by atoms with Crippen LogP contribution in [-0.2, 0) is 4.74 Å². The lowest BCUT2D eigenvalue weighted by Gasteiger charge is -2.33. The van der Waals surface area contributed by atoms with Crippen molar-refractivity contribution in [1.82, 2.24) is 0 Å². The van der Waals surface area contributed by atoms with Crippen LogP contribution in [0.4, 0.5) is 0 Å². The van der Waals surface area contributed by atoms with Crippen molar-refractivity contribution in [3.05, 3.63) is 0 Å². The molecular weight excluding hydrogens is 218 g/mol. The number of rotatable bonds is 10. The van der Waals surface area contributed by atoms with Crippen LogP contribution in [0, 0.1) is 10.8 Å². The molecule has 0 amide bonds. The summed E-state index contributed by atoms with van der Waals surface area (Å²) in [6.07, 6.45) is 0.890. The summed E-state index contributed by atoms with van der Waals surface area (Å²) in [6, 6.07) is 0. The summed E-state index contributed by atoms with van der Waals surface area (Å²) in [4.78, 5) is 0. The molecule has 0 radical (unpaired) electrons. The molecule has 0 aliphatic heterocycles. The Hall–Kier alpha value is -0.240. The molecule has 0 heterocycles. The lowest BCUT2D eigenvalue weighted by atomic mass is 9.85. The summed E-state index contributed by atoms with van der Waals surface area (Å²) in [5, 5.41) is 0. The van der Waals surface area contributed by atoms with E-state index in [1.165, 1.54) is 0 Å². The van der Waals surface area contributed by atoms with E-state index in [0.29, 0.717) is 45.9 Å². The summed E-state index contributed by atoms with van der Waals surface area (Å²) in [5.74, 6) is 0. The zero-order valence-electron chi connectivity index (χ0n) is 11.0. The van der Waals surface area contributed by atoms with Gasteiger partial charge < -0.3 is 33.4 Å². The van der Waals surface area contributed by atoms with E-state index in [9.17, 15) is 0 Å². The van der Waals surface area contributed by atoms with E-state index >= 15 is 0 Å². The van der Waals surface area contributed by atoms with E-state index in [-0.39, 0.29) is 10.8 Å². The van der Waals surface area contributed by atoms with Crippen LogP contribution >= 0.6 is 0 Å². The average molecular weight is 247 g/mol. The molecule has 6 heteroatoms. The summed E-state index contributed by atoms with van der Waals surface area (Å²) in [7, 11) is 0. The third-order valence-electron chi connectivity index (χ3n) is 3.73. The van der Waals surface area contributed by atoms with Gasteiger partial charge in [-0.25, -0.2) is 0 Å². The van der Waals surface area contributed by atoms with Crippen LogP contribution in [0.1, 0.15) is 13.3 Å². The Morgan fingerprint density at radius 3 is 1.35 bits per heavy atom. The maximum absolute atomic E-state index is 5.74. The van der Waals surface area contributed by atoms with Crippen molar-refractivity contribution in [3.63, 3.8) is 0 Å². The predicted octanol–water partition coefficient (Wildman–Crippen LogP) is -1.82. The molecule has 0 spiro atoms. The normalized spacial score (nSPS) is 13.1. The van der Waals surface area contributed by atoms with Gasteiger partial charge >= 0.3 is 0 Å². The first-order valence-electron chi connectivity index (χ1n) is 6.15. The van der Waals surface area contributed by atoms with Crippen LogP contribution in [0.3, 0.4) is 0 Å². The fraction of sp³-hybridized carbons (Fsp3) is 1.00. The standard InChI is InChI=1S/C11H29N5O/c1-2-10(3-12,4-13)8-17-9-11(5-14,6-15)7-16/h2-9,12-16H2,1H3. The SMILES string of the molecule is CCC(CN)(CN)COCC(CN)(CN)CN. The molecule has 104 valence electrons. The highest BCUT2D eigenvalue weighted by Gasteiger charge is 2.29. The van der Waals surface area contributed by atoms with Crippen molar-refractivity contribution in [2.75, 3.05) is 45.9 Å². The van der Waals surface area contributed by atoms with Gasteiger partial charge in [0, 0.05) is 43.6 Å². The van der Waals surface area contributed by atoms with Crippen molar-refractivity contribution in [2.24, 2.45) is 39.5 Å². The van der Waals surface area contributed by atoms with E-state index in [2.05, 4.69) is 6.92 Å². The van der Waals surface area contributed by atoms with Gasteiger partial charge in [0.25, 0.3) is 0 Å². The first-order chi connectivity index (χ1) is 8.07. The Morgan fingerprint density at radius 1 is 0.706 bits per heavy atom. The second-order valence-electron chi connectivity index (χ2n) is 4.87. The molecule has 6 nitrogen and oxygen atoms in total. The van der Waals surface area contributed by atoms with Gasteiger partial charge in [0.2, 0.25) is 0 Å². The number of nitrogens with two attached hydrogens (primary N) is 5. The molecule has 0 atom stereocenters. The van der Waals surface area contributed by atoms with Gasteiger partial charge in [0.1, 0.15) is 0 Å². The third kappa shape index (κ3) is 4.50. The highest BCUT2D eigenvalue weighted by Crippen LogP contribution is 2.21. The summed E-state index contributed by atoms with van der Waals surface area (Å²) in [6.45, 7) is 5.34. The number of hydrogen-bond acceptors (Lipinski definition) is 6. The van der Waals surface area contributed by atoms with Crippen molar-refractivity contribution in [3.8, 4) is 0 Å². The zero-order chi connectivity index (χ0) is 13.4. The lowest BCUT2D eigenvalue weighted by Crippen LogP contribution is -2.49. The highest BCUT2D eigenvalue weighted by molar-refractivity contribution is 4.84. The van der Waals surface area contributed by atoms with Crippen LogP contribution in [0.5, 0.6) is 0 Å². The van der Waals surface area contributed by atoms with Crippen molar-refractivity contribution in [1.29, 1.82) is 0 Å². The molecular formula is C11H29N5O. The van der Waals surface area contributed by atoms with E-state index in [1.54, 1.807) is 0 Å². The number of hydrogen-bond donors (Lipinski definition) is 5. The molecule has 0 aliphatic rings. The molecule has 10 N–H and O–H groups in total. The first kappa shape index (κ1) is 16.8. The molecule has 0 saturated heterocycles. The Balaban J connectivity index is 4.28. The Morgan fingerprint density at radius 2 is 1.06 bits per heavy atom. The zero-order valence-corrected chi connectivity index (χ0v) is 11.0. The lowest BCUT2D eigenvalue weighted by molar-refractivity contribution is 0.00371. The largest absolute Gasteiger partial charge is 0.380 e. The maximum Gasteiger partial charge on any atom is 0.0559 e. The van der Waals surface area contributed by atoms with Crippen molar-refractivity contribution >= 4 is 0 Å². The summed E-state index contributed by atoms with van der Waals surface area (Å²) >= 11 is 0. The van der Waals surface area contributed by atoms with Gasteiger partial charge in [-0.1, -0.05) is 6.92 Å². The highest BCUT2D eigenvalue weighted by atomic mass is 16.5. The smallest absolute Gasteiger partial charge is 0.0559 e. The van der Waals surface area contributed by atoms with Gasteiger partial charge in [-0.3, -0.25) is 0 Å². The van der Waals surface area contributed by atoms with E-state index in [1.807, 2.05) is 0 Å². The molecule has 0 aromatic heterocycles. The topological polar surface area (TPSA) is 139 Å². The van der Waals surface area contributed by atoms with Gasteiger partial charge in [-0.15, -0.1) is 0 Å². The summed E-state index contributed by atoms with van der Waals surface area (Å²) in [5.41, 5.74) is 28.1. The second kappa shape index (κ2) is 7.97. The van der Waals surface area contributed by atoms with Crippen molar-refractivity contribution in [2.45, 2.75) is 13.3 Å². The minimum Gasteiger partial charge on any atom is -0.380 e. The van der Waals surface area contributed by atoms with Crippen LogP contribution in [-0.4, -0.2) is 45.9 Å². The Labute approximate surface area is 104 Å². The average Bonchev–Trinajstić information content (AvgIpc) is 2.41. The fourth-order valence-corrected chi connectivity index (χ4v) is 1.50. The minimum absolute atomic E-state index is 0.149.